The fourth-order valence-corrected chi connectivity index (χ4v) is 6.18. The summed E-state index contributed by atoms with van der Waals surface area (Å²) in [6.45, 7) is 3.42. The van der Waals surface area contributed by atoms with Crippen LogP contribution in [0, 0.1) is 0 Å². The summed E-state index contributed by atoms with van der Waals surface area (Å²) in [5.41, 5.74) is 0. The number of hydrogen-bond donors (Lipinski definition) is 4. The lowest BCUT2D eigenvalue weighted by molar-refractivity contribution is -0.297. The highest BCUT2D eigenvalue weighted by Crippen LogP contribution is 2.23. The Kier molecular flexibility index (Phi) is 31.2. The van der Waals surface area contributed by atoms with E-state index in [1.54, 1.807) is 0 Å². The number of aliphatic hydroxyl groups excluding tert-OH is 3. The van der Waals surface area contributed by atoms with Crippen molar-refractivity contribution in [1.82, 2.24) is 0 Å². The van der Waals surface area contributed by atoms with Gasteiger partial charge in [-0.05, 0) is 83.5 Å². The summed E-state index contributed by atoms with van der Waals surface area (Å²) >= 11 is 0. The maximum Gasteiger partial charge on any atom is 0.306 e. The molecule has 1 rings (SSSR count). The van der Waals surface area contributed by atoms with E-state index in [1.807, 2.05) is 12.2 Å². The molecule has 1 saturated heterocycles. The Balaban J connectivity index is 2.57. The number of hydrogen-bond acceptors (Lipinski definition) is 11. The van der Waals surface area contributed by atoms with Crippen LogP contribution in [0.3, 0.4) is 0 Å². The molecule has 0 radical (unpaired) electrons. The molecule has 0 aliphatic carbocycles. The molecule has 4 N–H and O–H groups in total. The Bertz CT molecular complexity index is 1440. The predicted octanol–water partition coefficient (Wildman–Crippen LogP) is 7.88. The highest BCUT2D eigenvalue weighted by atomic mass is 32.2. The molecule has 0 aromatic heterocycles. The second-order valence-electron chi connectivity index (χ2n) is 13.9. The van der Waals surface area contributed by atoms with Crippen LogP contribution in [0.1, 0.15) is 117 Å². The molecule has 0 spiro atoms. The van der Waals surface area contributed by atoms with Gasteiger partial charge in [-0.15, -0.1) is 0 Å². The van der Waals surface area contributed by atoms with Gasteiger partial charge in [0.05, 0.1) is 6.61 Å². The second-order valence-corrected chi connectivity index (χ2v) is 15.4. The van der Waals surface area contributed by atoms with Gasteiger partial charge in [0.2, 0.25) is 0 Å². The number of esters is 2. The van der Waals surface area contributed by atoms with E-state index in [9.17, 15) is 37.9 Å². The summed E-state index contributed by atoms with van der Waals surface area (Å²) in [6, 6.07) is 0. The minimum absolute atomic E-state index is 0.0731. The first kappa shape index (κ1) is 52.6. The molecule has 13 heteroatoms. The van der Waals surface area contributed by atoms with Gasteiger partial charge in [0.15, 0.2) is 12.4 Å². The highest BCUT2D eigenvalue weighted by Gasteiger charge is 2.46. The summed E-state index contributed by atoms with van der Waals surface area (Å²) in [7, 11) is -4.62. The quantitative estimate of drug-likeness (QED) is 0.0223. The monoisotopic (exact) mass is 834 g/mol. The molecule has 328 valence electrons. The van der Waals surface area contributed by atoms with E-state index in [2.05, 4.69) is 98.9 Å². The lowest BCUT2D eigenvalue weighted by Crippen LogP contribution is -2.60. The van der Waals surface area contributed by atoms with Gasteiger partial charge in [0.25, 0.3) is 10.1 Å². The average Bonchev–Trinajstić information content (AvgIpc) is 3.18. The lowest BCUT2D eigenvalue weighted by atomic mass is 10.00. The van der Waals surface area contributed by atoms with Gasteiger partial charge < -0.3 is 34.3 Å². The van der Waals surface area contributed by atoms with E-state index in [-0.39, 0.29) is 19.4 Å². The fraction of sp³-hybridized carbons (Fsp3) is 0.600. The largest absolute Gasteiger partial charge is 0.462 e. The zero-order chi connectivity index (χ0) is 42.7. The van der Waals surface area contributed by atoms with Gasteiger partial charge in [-0.3, -0.25) is 14.1 Å². The minimum Gasteiger partial charge on any atom is -0.462 e. The molecule has 0 saturated carbocycles. The SMILES string of the molecule is CC/C=C\C/C=C\C/C=C\C/C=C\C/C=C\CCCC(=O)OC(COC(=O)CCCCC/C=C\C/C=C\C/C=C\CC)COC1OC(CS(=O)(=O)O)C(O)C(O)C1O. The van der Waals surface area contributed by atoms with E-state index in [4.69, 9.17) is 18.9 Å². The van der Waals surface area contributed by atoms with Gasteiger partial charge in [0, 0.05) is 12.8 Å². The van der Waals surface area contributed by atoms with E-state index in [1.165, 1.54) is 0 Å². The molecule has 0 bridgehead atoms. The van der Waals surface area contributed by atoms with Crippen molar-refractivity contribution in [2.45, 2.75) is 153 Å². The Morgan fingerprint density at radius 3 is 1.55 bits per heavy atom. The summed E-state index contributed by atoms with van der Waals surface area (Å²) < 4.78 is 53.8. The van der Waals surface area contributed by atoms with Crippen LogP contribution in [-0.2, 0) is 38.7 Å². The Morgan fingerprint density at radius 1 is 0.586 bits per heavy atom. The van der Waals surface area contributed by atoms with Crippen molar-refractivity contribution in [3.8, 4) is 0 Å². The van der Waals surface area contributed by atoms with E-state index in [0.717, 1.165) is 70.6 Å². The maximum absolute atomic E-state index is 12.8. The number of ether oxygens (including phenoxy) is 4. The minimum atomic E-state index is -4.62. The highest BCUT2D eigenvalue weighted by molar-refractivity contribution is 7.85. The van der Waals surface area contributed by atoms with Crippen molar-refractivity contribution in [3.05, 3.63) is 97.2 Å². The molecule has 1 fully saturated rings. The van der Waals surface area contributed by atoms with Crippen molar-refractivity contribution < 1.29 is 56.8 Å². The third-order valence-corrected chi connectivity index (χ3v) is 9.41. The zero-order valence-electron chi connectivity index (χ0n) is 34.6. The molecule has 0 aromatic rings. The molecule has 58 heavy (non-hydrogen) atoms. The normalized spacial score (nSPS) is 21.4. The molecule has 0 amide bonds. The molecule has 12 nitrogen and oxygen atoms in total. The van der Waals surface area contributed by atoms with Crippen LogP contribution in [0.2, 0.25) is 0 Å². The topological polar surface area (TPSA) is 186 Å². The standard InChI is InChI=1S/C45H70O12S/c1-3-5-7-9-11-13-15-17-18-19-20-22-24-26-28-30-32-34-41(47)56-38(36-55-45-44(50)43(49)42(48)39(57-45)37-58(51,52)53)35-54-40(46)33-31-29-27-25-23-21-16-14-12-10-8-6-4-2/h5-8,11-14,17-18,20-23,26,28,38-39,42-45,48-50H,3-4,9-10,15-16,19,24-25,27,29-37H2,1-2H3,(H,51,52,53)/b7-5-,8-6-,13-11-,14-12-,18-17-,22-20-,23-21-,28-26-. The number of carbonyl (C=O) groups excluding carboxylic acids is 2. The third-order valence-electron chi connectivity index (χ3n) is 8.66. The first-order valence-corrected chi connectivity index (χ1v) is 22.4. The second kappa shape index (κ2) is 34.4. The molecular weight excluding hydrogens is 765 g/mol. The van der Waals surface area contributed by atoms with Crippen LogP contribution in [0.5, 0.6) is 0 Å². The van der Waals surface area contributed by atoms with Gasteiger partial charge in [-0.2, -0.15) is 8.42 Å². The number of rotatable bonds is 32. The Morgan fingerprint density at radius 2 is 1.05 bits per heavy atom. The fourth-order valence-electron chi connectivity index (χ4n) is 5.49. The van der Waals surface area contributed by atoms with Crippen LogP contribution in [0.4, 0.5) is 0 Å². The molecule has 0 aromatic carbocycles. The Labute approximate surface area is 347 Å². The van der Waals surface area contributed by atoms with Crippen molar-refractivity contribution in [2.24, 2.45) is 0 Å². The van der Waals surface area contributed by atoms with Crippen LogP contribution in [-0.4, -0.2) is 96.0 Å². The average molecular weight is 835 g/mol. The first-order valence-electron chi connectivity index (χ1n) is 20.8. The number of allylic oxidation sites excluding steroid dienone is 16. The van der Waals surface area contributed by atoms with E-state index in [0.29, 0.717) is 19.3 Å². The van der Waals surface area contributed by atoms with Crippen molar-refractivity contribution in [3.63, 3.8) is 0 Å². The van der Waals surface area contributed by atoms with Crippen molar-refractivity contribution in [1.29, 1.82) is 0 Å². The van der Waals surface area contributed by atoms with Crippen molar-refractivity contribution in [2.75, 3.05) is 19.0 Å². The summed E-state index contributed by atoms with van der Waals surface area (Å²) in [5.74, 6) is -2.12. The van der Waals surface area contributed by atoms with Crippen molar-refractivity contribution >= 4 is 22.1 Å². The van der Waals surface area contributed by atoms with Gasteiger partial charge >= 0.3 is 11.9 Å². The first-order chi connectivity index (χ1) is 28.0. The van der Waals surface area contributed by atoms with Crippen LogP contribution >= 0.6 is 0 Å². The van der Waals surface area contributed by atoms with E-state index >= 15 is 0 Å². The summed E-state index contributed by atoms with van der Waals surface area (Å²) in [5, 5.41) is 30.8. The maximum atomic E-state index is 12.8. The van der Waals surface area contributed by atoms with Crippen LogP contribution in [0.25, 0.3) is 0 Å². The molecule has 6 atom stereocenters. The molecule has 1 heterocycles. The van der Waals surface area contributed by atoms with Crippen LogP contribution in [0.15, 0.2) is 97.2 Å². The molecular formula is C45H70O12S. The summed E-state index contributed by atoms with van der Waals surface area (Å²) in [6.07, 6.45) is 36.1. The smallest absolute Gasteiger partial charge is 0.306 e. The number of carbonyl (C=O) groups is 2. The van der Waals surface area contributed by atoms with Gasteiger partial charge in [-0.25, -0.2) is 0 Å². The third kappa shape index (κ3) is 28.9. The zero-order valence-corrected chi connectivity index (χ0v) is 35.4. The van der Waals surface area contributed by atoms with Gasteiger partial charge in [-0.1, -0.05) is 117 Å². The Hall–Kier alpha value is -3.43. The molecule has 1 aliphatic heterocycles. The predicted molar refractivity (Wildman–Crippen MR) is 228 cm³/mol. The molecule has 1 aliphatic rings. The lowest BCUT2D eigenvalue weighted by Gasteiger charge is -2.40. The van der Waals surface area contributed by atoms with Gasteiger partial charge in [0.1, 0.15) is 36.8 Å². The summed E-state index contributed by atoms with van der Waals surface area (Å²) in [4.78, 5) is 25.3. The van der Waals surface area contributed by atoms with Crippen LogP contribution < -0.4 is 0 Å². The molecule has 6 unspecified atom stereocenters. The van der Waals surface area contributed by atoms with E-state index < -0.39 is 71.2 Å². The number of aliphatic hydroxyl groups is 3. The number of unbranched alkanes of at least 4 members (excludes halogenated alkanes) is 4.